The van der Waals surface area contributed by atoms with E-state index in [0.29, 0.717) is 12.4 Å². The molecule has 1 aromatic carbocycles. The second-order valence-corrected chi connectivity index (χ2v) is 4.18. The monoisotopic (exact) mass is 252 g/mol. The predicted octanol–water partition coefficient (Wildman–Crippen LogP) is 2.55. The first-order valence-corrected chi connectivity index (χ1v) is 5.98. The van der Waals surface area contributed by atoms with Crippen molar-refractivity contribution in [2.45, 2.75) is 6.54 Å². The van der Waals surface area contributed by atoms with E-state index in [4.69, 9.17) is 4.42 Å². The summed E-state index contributed by atoms with van der Waals surface area (Å²) in [7, 11) is 0. The smallest absolute Gasteiger partial charge is 0.250 e. The van der Waals surface area contributed by atoms with Gasteiger partial charge in [-0.05, 0) is 18.2 Å². The Morgan fingerprint density at radius 1 is 1.05 bits per heavy atom. The summed E-state index contributed by atoms with van der Waals surface area (Å²) in [4.78, 5) is 16.0. The van der Waals surface area contributed by atoms with Crippen LogP contribution in [-0.4, -0.2) is 9.55 Å². The van der Waals surface area contributed by atoms with Gasteiger partial charge in [-0.15, -0.1) is 0 Å². The molecule has 94 valence electrons. The molecule has 0 aliphatic rings. The zero-order valence-electron chi connectivity index (χ0n) is 10.2. The van der Waals surface area contributed by atoms with Crippen molar-refractivity contribution in [3.05, 3.63) is 77.0 Å². The predicted molar refractivity (Wildman–Crippen MR) is 71.7 cm³/mol. The maximum Gasteiger partial charge on any atom is 0.250 e. The van der Waals surface area contributed by atoms with E-state index in [2.05, 4.69) is 4.98 Å². The molecule has 2 aromatic heterocycles. The third-order valence-electron chi connectivity index (χ3n) is 2.80. The van der Waals surface area contributed by atoms with E-state index < -0.39 is 0 Å². The minimum absolute atomic E-state index is 0.0493. The molecule has 0 aliphatic heterocycles. The average Bonchev–Trinajstić information content (AvgIpc) is 2.91. The van der Waals surface area contributed by atoms with Gasteiger partial charge in [-0.3, -0.25) is 4.79 Å². The van der Waals surface area contributed by atoms with Crippen LogP contribution >= 0.6 is 0 Å². The first kappa shape index (κ1) is 11.5. The molecule has 0 amide bonds. The minimum atomic E-state index is -0.0493. The van der Waals surface area contributed by atoms with Gasteiger partial charge in [0.15, 0.2) is 0 Å². The lowest BCUT2D eigenvalue weighted by Crippen LogP contribution is -2.18. The Morgan fingerprint density at radius 3 is 2.63 bits per heavy atom. The van der Waals surface area contributed by atoms with Crippen LogP contribution in [0.25, 0.3) is 11.5 Å². The molecule has 0 aliphatic carbocycles. The van der Waals surface area contributed by atoms with Gasteiger partial charge in [-0.1, -0.05) is 24.3 Å². The van der Waals surface area contributed by atoms with Crippen LogP contribution in [0.4, 0.5) is 0 Å². The van der Waals surface area contributed by atoms with Gasteiger partial charge in [0.25, 0.3) is 5.56 Å². The molecular formula is C15H12N2O2. The Morgan fingerprint density at radius 2 is 1.84 bits per heavy atom. The van der Waals surface area contributed by atoms with Gasteiger partial charge in [0.05, 0.1) is 12.2 Å². The Balaban J connectivity index is 1.87. The summed E-state index contributed by atoms with van der Waals surface area (Å²) in [6, 6.07) is 14.7. The standard InChI is InChI=1S/C15H12N2O2/c18-14-8-4-5-9-17(14)10-13-11-19-15(16-13)12-6-2-1-3-7-12/h1-9,11H,10H2. The molecule has 0 bridgehead atoms. The summed E-state index contributed by atoms with van der Waals surface area (Å²) < 4.78 is 7.03. The number of hydrogen-bond donors (Lipinski definition) is 0. The number of pyridine rings is 1. The van der Waals surface area contributed by atoms with Crippen molar-refractivity contribution < 1.29 is 4.42 Å². The SMILES string of the molecule is O=c1ccccn1Cc1coc(-c2ccccc2)n1. The second kappa shape index (κ2) is 4.94. The fraction of sp³-hybridized carbons (Fsp3) is 0.0667. The van der Waals surface area contributed by atoms with Gasteiger partial charge < -0.3 is 8.98 Å². The molecule has 4 nitrogen and oxygen atoms in total. The molecule has 3 aromatic rings. The largest absolute Gasteiger partial charge is 0.444 e. The van der Waals surface area contributed by atoms with Gasteiger partial charge in [-0.25, -0.2) is 4.98 Å². The summed E-state index contributed by atoms with van der Waals surface area (Å²) in [6.07, 6.45) is 3.32. The molecule has 0 saturated carbocycles. The van der Waals surface area contributed by atoms with Crippen molar-refractivity contribution in [3.8, 4) is 11.5 Å². The number of rotatable bonds is 3. The molecule has 2 heterocycles. The summed E-state index contributed by atoms with van der Waals surface area (Å²) >= 11 is 0. The zero-order valence-corrected chi connectivity index (χ0v) is 10.2. The third-order valence-corrected chi connectivity index (χ3v) is 2.80. The fourth-order valence-corrected chi connectivity index (χ4v) is 1.86. The van der Waals surface area contributed by atoms with E-state index in [1.54, 1.807) is 23.1 Å². The Hall–Kier alpha value is -2.62. The van der Waals surface area contributed by atoms with Gasteiger partial charge in [-0.2, -0.15) is 0 Å². The highest BCUT2D eigenvalue weighted by Gasteiger charge is 2.06. The van der Waals surface area contributed by atoms with Crippen molar-refractivity contribution in [1.82, 2.24) is 9.55 Å². The first-order valence-electron chi connectivity index (χ1n) is 5.98. The molecule has 3 rings (SSSR count). The molecule has 19 heavy (non-hydrogen) atoms. The minimum Gasteiger partial charge on any atom is -0.444 e. The molecule has 0 unspecified atom stereocenters. The van der Waals surface area contributed by atoms with Crippen molar-refractivity contribution in [1.29, 1.82) is 0 Å². The van der Waals surface area contributed by atoms with Gasteiger partial charge >= 0.3 is 0 Å². The van der Waals surface area contributed by atoms with E-state index in [0.717, 1.165) is 11.3 Å². The van der Waals surface area contributed by atoms with Crippen molar-refractivity contribution >= 4 is 0 Å². The van der Waals surface area contributed by atoms with Crippen molar-refractivity contribution in [3.63, 3.8) is 0 Å². The van der Waals surface area contributed by atoms with Crippen LogP contribution in [0.15, 0.2) is 70.2 Å². The summed E-state index contributed by atoms with van der Waals surface area (Å²) in [6.45, 7) is 0.413. The van der Waals surface area contributed by atoms with Crippen LogP contribution < -0.4 is 5.56 Å². The highest BCUT2D eigenvalue weighted by atomic mass is 16.3. The van der Waals surface area contributed by atoms with Crippen LogP contribution in [-0.2, 0) is 6.54 Å². The number of aromatic nitrogens is 2. The molecule has 0 saturated heterocycles. The molecule has 0 N–H and O–H groups in total. The normalized spacial score (nSPS) is 10.5. The summed E-state index contributed by atoms with van der Waals surface area (Å²) in [5.41, 5.74) is 1.60. The molecule has 0 fully saturated rings. The third kappa shape index (κ3) is 2.47. The zero-order chi connectivity index (χ0) is 13.1. The lowest BCUT2D eigenvalue weighted by molar-refractivity contribution is 0.571. The fourth-order valence-electron chi connectivity index (χ4n) is 1.86. The van der Waals surface area contributed by atoms with Crippen molar-refractivity contribution in [2.75, 3.05) is 0 Å². The highest BCUT2D eigenvalue weighted by molar-refractivity contribution is 5.52. The molecule has 0 spiro atoms. The van der Waals surface area contributed by atoms with Crippen LogP contribution in [0.2, 0.25) is 0 Å². The van der Waals surface area contributed by atoms with Gasteiger partial charge in [0, 0.05) is 17.8 Å². The van der Waals surface area contributed by atoms with Crippen LogP contribution in [0.5, 0.6) is 0 Å². The number of nitrogens with zero attached hydrogens (tertiary/aromatic N) is 2. The Labute approximate surface area is 110 Å². The Kier molecular flexibility index (Phi) is 2.98. The van der Waals surface area contributed by atoms with Gasteiger partial charge in [0.1, 0.15) is 6.26 Å². The second-order valence-electron chi connectivity index (χ2n) is 4.18. The van der Waals surface area contributed by atoms with E-state index in [9.17, 15) is 4.79 Å². The molecule has 0 radical (unpaired) electrons. The van der Waals surface area contributed by atoms with Gasteiger partial charge in [0.2, 0.25) is 5.89 Å². The Bertz CT molecular complexity index is 729. The average molecular weight is 252 g/mol. The molecule has 4 heteroatoms. The maximum atomic E-state index is 11.6. The quantitative estimate of drug-likeness (QED) is 0.719. The molecular weight excluding hydrogens is 240 g/mol. The van der Waals surface area contributed by atoms with E-state index in [1.807, 2.05) is 36.4 Å². The van der Waals surface area contributed by atoms with Crippen LogP contribution in [0, 0.1) is 0 Å². The van der Waals surface area contributed by atoms with Crippen LogP contribution in [0.1, 0.15) is 5.69 Å². The summed E-state index contributed by atoms with van der Waals surface area (Å²) in [5, 5.41) is 0. The lowest BCUT2D eigenvalue weighted by atomic mass is 10.2. The topological polar surface area (TPSA) is 48.0 Å². The van der Waals surface area contributed by atoms with E-state index in [-0.39, 0.29) is 5.56 Å². The maximum absolute atomic E-state index is 11.6. The number of oxazole rings is 1. The number of benzene rings is 1. The highest BCUT2D eigenvalue weighted by Crippen LogP contribution is 2.17. The summed E-state index contributed by atoms with van der Waals surface area (Å²) in [5.74, 6) is 0.569. The van der Waals surface area contributed by atoms with E-state index in [1.165, 1.54) is 6.07 Å². The van der Waals surface area contributed by atoms with Crippen LogP contribution in [0.3, 0.4) is 0 Å². The number of hydrogen-bond acceptors (Lipinski definition) is 3. The first-order chi connectivity index (χ1) is 9.33. The van der Waals surface area contributed by atoms with E-state index >= 15 is 0 Å². The molecule has 0 atom stereocenters. The lowest BCUT2D eigenvalue weighted by Gasteiger charge is -2.00. The van der Waals surface area contributed by atoms with Crippen molar-refractivity contribution in [2.24, 2.45) is 0 Å².